The molecule has 6 heteroatoms. The summed E-state index contributed by atoms with van der Waals surface area (Å²) in [6.45, 7) is 0. The summed E-state index contributed by atoms with van der Waals surface area (Å²) in [5.41, 5.74) is 0.0927. The molecule has 0 bridgehead atoms. The summed E-state index contributed by atoms with van der Waals surface area (Å²) in [6, 6.07) is 6.33. The van der Waals surface area contributed by atoms with Crippen molar-refractivity contribution in [1.82, 2.24) is 4.90 Å². The van der Waals surface area contributed by atoms with Crippen LogP contribution in [0.2, 0.25) is 0 Å². The normalized spacial score (nSPS) is 9.73. The van der Waals surface area contributed by atoms with Gasteiger partial charge in [0.25, 0.3) is 5.69 Å². The van der Waals surface area contributed by atoms with E-state index in [9.17, 15) is 10.1 Å². The topological polar surface area (TPSA) is 46.4 Å². The summed E-state index contributed by atoms with van der Waals surface area (Å²) in [6.07, 6.45) is 0. The molecule has 0 N–H and O–H groups in total. The second kappa shape index (κ2) is 5.09. The Bertz CT molecular complexity index is 376. The number of rotatable bonds is 2. The minimum Gasteiger partial charge on any atom is -0.363 e. The monoisotopic (exact) mass is 242 g/mol. The Labute approximate surface area is 97.4 Å². The van der Waals surface area contributed by atoms with Crippen LogP contribution >= 0.6 is 24.0 Å². The number of nitro groups is 1. The van der Waals surface area contributed by atoms with Crippen LogP contribution < -0.4 is 0 Å². The van der Waals surface area contributed by atoms with Gasteiger partial charge in [-0.05, 0) is 12.1 Å². The Hall–Kier alpha value is -1.14. The Balaban J connectivity index is 2.73. The van der Waals surface area contributed by atoms with Gasteiger partial charge in [-0.15, -0.1) is 0 Å². The van der Waals surface area contributed by atoms with E-state index in [0.29, 0.717) is 0 Å². The fourth-order valence-corrected chi connectivity index (χ4v) is 1.77. The van der Waals surface area contributed by atoms with Crippen molar-refractivity contribution in [3.8, 4) is 0 Å². The molecule has 80 valence electrons. The molecule has 0 radical (unpaired) electrons. The SMILES string of the molecule is CN(C)C(=S)Sc1ccc([N+](=O)[O-])cc1. The minimum absolute atomic E-state index is 0.0927. The lowest BCUT2D eigenvalue weighted by Crippen LogP contribution is -2.15. The van der Waals surface area contributed by atoms with Gasteiger partial charge in [0.15, 0.2) is 0 Å². The summed E-state index contributed by atoms with van der Waals surface area (Å²) in [5.74, 6) is 0. The Morgan fingerprint density at radius 3 is 2.33 bits per heavy atom. The van der Waals surface area contributed by atoms with E-state index < -0.39 is 4.92 Å². The van der Waals surface area contributed by atoms with Gasteiger partial charge in [0.2, 0.25) is 0 Å². The number of nitro benzene ring substituents is 1. The molecular formula is C9H10N2O2S2. The number of non-ortho nitro benzene ring substituents is 1. The Morgan fingerprint density at radius 2 is 1.93 bits per heavy atom. The second-order valence-electron chi connectivity index (χ2n) is 3.01. The van der Waals surface area contributed by atoms with E-state index in [1.807, 2.05) is 19.0 Å². The van der Waals surface area contributed by atoms with Crippen molar-refractivity contribution in [3.05, 3.63) is 34.4 Å². The van der Waals surface area contributed by atoms with E-state index in [1.54, 1.807) is 12.1 Å². The molecule has 0 unspecified atom stereocenters. The van der Waals surface area contributed by atoms with E-state index in [2.05, 4.69) is 0 Å². The Kier molecular flexibility index (Phi) is 4.05. The third-order valence-electron chi connectivity index (χ3n) is 1.62. The lowest BCUT2D eigenvalue weighted by Gasteiger charge is -2.12. The molecule has 1 aromatic rings. The molecule has 0 saturated carbocycles. The van der Waals surface area contributed by atoms with Crippen molar-refractivity contribution in [2.75, 3.05) is 14.1 Å². The van der Waals surface area contributed by atoms with Gasteiger partial charge in [-0.25, -0.2) is 0 Å². The van der Waals surface area contributed by atoms with E-state index in [0.717, 1.165) is 9.22 Å². The highest BCUT2D eigenvalue weighted by Crippen LogP contribution is 2.23. The van der Waals surface area contributed by atoms with Crippen LogP contribution in [0.5, 0.6) is 0 Å². The van der Waals surface area contributed by atoms with Crippen molar-refractivity contribution in [1.29, 1.82) is 0 Å². The van der Waals surface area contributed by atoms with Crippen molar-refractivity contribution in [3.63, 3.8) is 0 Å². The van der Waals surface area contributed by atoms with Gasteiger partial charge in [0, 0.05) is 31.1 Å². The first kappa shape index (κ1) is 11.9. The first-order chi connectivity index (χ1) is 7.00. The zero-order valence-corrected chi connectivity index (χ0v) is 9.97. The van der Waals surface area contributed by atoms with E-state index >= 15 is 0 Å². The summed E-state index contributed by atoms with van der Waals surface area (Å²) < 4.78 is 0.726. The largest absolute Gasteiger partial charge is 0.363 e. The van der Waals surface area contributed by atoms with Crippen molar-refractivity contribution in [2.24, 2.45) is 0 Å². The maximum absolute atomic E-state index is 10.4. The van der Waals surface area contributed by atoms with Crippen LogP contribution in [-0.4, -0.2) is 28.2 Å². The number of hydrogen-bond donors (Lipinski definition) is 0. The van der Waals surface area contributed by atoms with Gasteiger partial charge in [-0.3, -0.25) is 10.1 Å². The number of thiocarbonyl (C=S) groups is 1. The highest BCUT2D eigenvalue weighted by atomic mass is 32.2. The zero-order chi connectivity index (χ0) is 11.4. The van der Waals surface area contributed by atoms with Crippen LogP contribution in [0.1, 0.15) is 0 Å². The number of thioether (sulfide) groups is 1. The summed E-state index contributed by atoms with van der Waals surface area (Å²) in [7, 11) is 3.72. The molecule has 0 atom stereocenters. The van der Waals surface area contributed by atoms with Crippen LogP contribution in [0.3, 0.4) is 0 Å². The summed E-state index contributed by atoms with van der Waals surface area (Å²) in [5, 5.41) is 10.4. The predicted octanol–water partition coefficient (Wildman–Crippen LogP) is 2.53. The molecule has 0 saturated heterocycles. The third-order valence-corrected chi connectivity index (χ3v) is 3.28. The molecule has 1 aromatic carbocycles. The lowest BCUT2D eigenvalue weighted by molar-refractivity contribution is -0.384. The minimum atomic E-state index is -0.418. The molecule has 0 fully saturated rings. The number of hydrogen-bond acceptors (Lipinski definition) is 4. The van der Waals surface area contributed by atoms with Crippen LogP contribution in [0.15, 0.2) is 29.2 Å². The van der Waals surface area contributed by atoms with Crippen molar-refractivity contribution >= 4 is 34.0 Å². The molecule has 0 aliphatic heterocycles. The van der Waals surface area contributed by atoms with E-state index in [1.165, 1.54) is 23.9 Å². The third kappa shape index (κ3) is 3.49. The highest BCUT2D eigenvalue weighted by molar-refractivity contribution is 8.22. The van der Waals surface area contributed by atoms with Crippen LogP contribution in [0, 0.1) is 10.1 Å². The van der Waals surface area contributed by atoms with Crippen LogP contribution in [-0.2, 0) is 0 Å². The van der Waals surface area contributed by atoms with Crippen molar-refractivity contribution < 1.29 is 4.92 Å². The predicted molar refractivity (Wildman–Crippen MR) is 65.2 cm³/mol. The summed E-state index contributed by atoms with van der Waals surface area (Å²) in [4.78, 5) is 12.7. The molecule has 0 heterocycles. The standard InChI is InChI=1S/C9H10N2O2S2/c1-10(2)9(14)15-8-5-3-7(4-6-8)11(12)13/h3-6H,1-2H3. The van der Waals surface area contributed by atoms with Gasteiger partial charge >= 0.3 is 0 Å². The van der Waals surface area contributed by atoms with Crippen LogP contribution in [0.25, 0.3) is 0 Å². The molecule has 1 rings (SSSR count). The van der Waals surface area contributed by atoms with Crippen molar-refractivity contribution in [2.45, 2.75) is 4.90 Å². The molecule has 0 aliphatic rings. The zero-order valence-electron chi connectivity index (χ0n) is 8.34. The van der Waals surface area contributed by atoms with E-state index in [-0.39, 0.29) is 5.69 Å². The van der Waals surface area contributed by atoms with Crippen LogP contribution in [0.4, 0.5) is 5.69 Å². The maximum Gasteiger partial charge on any atom is 0.269 e. The molecule has 4 nitrogen and oxygen atoms in total. The van der Waals surface area contributed by atoms with E-state index in [4.69, 9.17) is 12.2 Å². The first-order valence-corrected chi connectivity index (χ1v) is 5.37. The summed E-state index contributed by atoms with van der Waals surface area (Å²) >= 11 is 6.51. The fourth-order valence-electron chi connectivity index (χ4n) is 0.828. The lowest BCUT2D eigenvalue weighted by atomic mass is 10.3. The maximum atomic E-state index is 10.4. The van der Waals surface area contributed by atoms with Gasteiger partial charge in [-0.1, -0.05) is 24.0 Å². The molecule has 0 spiro atoms. The van der Waals surface area contributed by atoms with Gasteiger partial charge in [0.1, 0.15) is 4.32 Å². The average Bonchev–Trinajstić information content (AvgIpc) is 2.18. The molecular weight excluding hydrogens is 232 g/mol. The first-order valence-electron chi connectivity index (χ1n) is 4.14. The average molecular weight is 242 g/mol. The highest BCUT2D eigenvalue weighted by Gasteiger charge is 2.06. The molecule has 0 aromatic heterocycles. The molecule has 15 heavy (non-hydrogen) atoms. The number of benzene rings is 1. The number of nitrogens with zero attached hydrogens (tertiary/aromatic N) is 2. The quantitative estimate of drug-likeness (QED) is 0.345. The molecule has 0 amide bonds. The second-order valence-corrected chi connectivity index (χ2v) is 4.72. The van der Waals surface area contributed by atoms with Gasteiger partial charge in [-0.2, -0.15) is 0 Å². The fraction of sp³-hybridized carbons (Fsp3) is 0.222. The molecule has 0 aliphatic carbocycles. The Morgan fingerprint density at radius 1 is 1.40 bits per heavy atom. The van der Waals surface area contributed by atoms with Gasteiger partial charge < -0.3 is 4.90 Å². The van der Waals surface area contributed by atoms with Gasteiger partial charge in [0.05, 0.1) is 4.92 Å². The smallest absolute Gasteiger partial charge is 0.269 e.